The summed E-state index contributed by atoms with van der Waals surface area (Å²) in [5, 5.41) is 6.64. The van der Waals surface area contributed by atoms with Gasteiger partial charge < -0.3 is 15.4 Å². The van der Waals surface area contributed by atoms with E-state index >= 15 is 0 Å². The lowest BCUT2D eigenvalue weighted by Gasteiger charge is -2.41. The number of carbonyl (C=O) groups excluding carboxylic acids is 1. The number of hydrogen-bond donors (Lipinski definition) is 2. The molecule has 110 valence electrons. The Balaban J connectivity index is 1.83. The van der Waals surface area contributed by atoms with Crippen molar-refractivity contribution in [1.29, 1.82) is 0 Å². The van der Waals surface area contributed by atoms with E-state index in [0.29, 0.717) is 12.1 Å². The van der Waals surface area contributed by atoms with Crippen molar-refractivity contribution in [2.24, 2.45) is 5.41 Å². The van der Waals surface area contributed by atoms with Gasteiger partial charge in [0, 0.05) is 19.2 Å². The molecule has 0 aromatic heterocycles. The molecule has 2 aliphatic rings. The van der Waals surface area contributed by atoms with E-state index in [9.17, 15) is 4.79 Å². The molecule has 1 unspecified atom stereocenters. The Morgan fingerprint density at radius 1 is 1.42 bits per heavy atom. The van der Waals surface area contributed by atoms with Gasteiger partial charge in [0.15, 0.2) is 0 Å². The summed E-state index contributed by atoms with van der Waals surface area (Å²) in [5.74, 6) is 0.265. The number of piperidine rings is 1. The zero-order valence-electron chi connectivity index (χ0n) is 12.3. The maximum absolute atomic E-state index is 12.6. The molecule has 0 bridgehead atoms. The predicted octanol–water partition coefficient (Wildman–Crippen LogP) is 1.84. The second kappa shape index (κ2) is 6.71. The third-order valence-corrected chi connectivity index (χ3v) is 4.51. The molecular weight excluding hydrogens is 240 g/mol. The third-order valence-electron chi connectivity index (χ3n) is 4.51. The monoisotopic (exact) mass is 268 g/mol. The first-order chi connectivity index (χ1) is 9.20. The van der Waals surface area contributed by atoms with Crippen LogP contribution in [-0.4, -0.2) is 37.7 Å². The lowest BCUT2D eigenvalue weighted by Crippen LogP contribution is -2.56. The van der Waals surface area contributed by atoms with Gasteiger partial charge in [-0.05, 0) is 45.6 Å². The first kappa shape index (κ1) is 14.8. The summed E-state index contributed by atoms with van der Waals surface area (Å²) >= 11 is 0. The average molecular weight is 268 g/mol. The second-order valence-electron chi connectivity index (χ2n) is 6.03. The molecule has 4 heteroatoms. The fraction of sp³-hybridized carbons (Fsp3) is 0.933. The van der Waals surface area contributed by atoms with Crippen LogP contribution in [-0.2, 0) is 9.53 Å². The van der Waals surface area contributed by atoms with Crippen molar-refractivity contribution in [3.8, 4) is 0 Å². The molecule has 2 fully saturated rings. The second-order valence-corrected chi connectivity index (χ2v) is 6.03. The van der Waals surface area contributed by atoms with Gasteiger partial charge in [-0.25, -0.2) is 0 Å². The van der Waals surface area contributed by atoms with Crippen LogP contribution >= 0.6 is 0 Å². The molecule has 2 rings (SSSR count). The molecule has 0 radical (unpaired) electrons. The Morgan fingerprint density at radius 3 is 2.79 bits per heavy atom. The van der Waals surface area contributed by atoms with E-state index in [0.717, 1.165) is 58.2 Å². The van der Waals surface area contributed by atoms with Crippen molar-refractivity contribution in [2.45, 2.75) is 64.5 Å². The van der Waals surface area contributed by atoms with Gasteiger partial charge in [0.1, 0.15) is 0 Å². The van der Waals surface area contributed by atoms with Crippen LogP contribution in [0.25, 0.3) is 0 Å². The molecule has 0 spiro atoms. The minimum Gasteiger partial charge on any atom is -0.378 e. The Hall–Kier alpha value is -0.610. The van der Waals surface area contributed by atoms with Crippen LogP contribution < -0.4 is 10.6 Å². The summed E-state index contributed by atoms with van der Waals surface area (Å²) in [6.45, 7) is 6.85. The van der Waals surface area contributed by atoms with E-state index in [1.807, 2.05) is 6.92 Å². The maximum atomic E-state index is 12.6. The predicted molar refractivity (Wildman–Crippen MR) is 76.0 cm³/mol. The van der Waals surface area contributed by atoms with E-state index < -0.39 is 0 Å². The van der Waals surface area contributed by atoms with Crippen molar-refractivity contribution in [1.82, 2.24) is 10.6 Å². The van der Waals surface area contributed by atoms with Crippen LogP contribution in [0.15, 0.2) is 0 Å². The van der Waals surface area contributed by atoms with Crippen LogP contribution in [0.4, 0.5) is 0 Å². The highest BCUT2D eigenvalue weighted by Gasteiger charge is 2.41. The van der Waals surface area contributed by atoms with Crippen molar-refractivity contribution < 1.29 is 9.53 Å². The van der Waals surface area contributed by atoms with Crippen molar-refractivity contribution >= 4 is 5.91 Å². The van der Waals surface area contributed by atoms with Gasteiger partial charge in [-0.15, -0.1) is 0 Å². The average Bonchev–Trinajstić information content (AvgIpc) is 2.37. The quantitative estimate of drug-likeness (QED) is 0.773. The Kier molecular flexibility index (Phi) is 5.22. The van der Waals surface area contributed by atoms with Crippen LogP contribution in [0.1, 0.15) is 52.4 Å². The first-order valence-electron chi connectivity index (χ1n) is 7.83. The van der Waals surface area contributed by atoms with E-state index in [1.165, 1.54) is 0 Å². The summed E-state index contributed by atoms with van der Waals surface area (Å²) in [7, 11) is 0. The number of carbonyl (C=O) groups is 1. The van der Waals surface area contributed by atoms with Gasteiger partial charge in [0.05, 0.1) is 11.5 Å². The highest BCUT2D eigenvalue weighted by molar-refractivity contribution is 5.83. The van der Waals surface area contributed by atoms with Gasteiger partial charge in [-0.3, -0.25) is 4.79 Å². The molecule has 1 amide bonds. The fourth-order valence-corrected chi connectivity index (χ4v) is 3.36. The lowest BCUT2D eigenvalue weighted by atomic mass is 9.75. The molecule has 1 aliphatic heterocycles. The van der Waals surface area contributed by atoms with Gasteiger partial charge in [-0.1, -0.05) is 13.3 Å². The molecule has 1 saturated carbocycles. The SMILES string of the molecule is CCCC1(C(=O)NC2CC(OCC)C2)CCCNC1. The molecule has 19 heavy (non-hydrogen) atoms. The van der Waals surface area contributed by atoms with Gasteiger partial charge >= 0.3 is 0 Å². The minimum atomic E-state index is -0.163. The van der Waals surface area contributed by atoms with Crippen molar-refractivity contribution in [3.05, 3.63) is 0 Å². The van der Waals surface area contributed by atoms with E-state index in [2.05, 4.69) is 17.6 Å². The lowest BCUT2D eigenvalue weighted by molar-refractivity contribution is -0.135. The zero-order valence-corrected chi connectivity index (χ0v) is 12.3. The van der Waals surface area contributed by atoms with Crippen LogP contribution in [0, 0.1) is 5.41 Å². The third kappa shape index (κ3) is 3.48. The van der Waals surface area contributed by atoms with Crippen molar-refractivity contribution in [3.63, 3.8) is 0 Å². The summed E-state index contributed by atoms with van der Waals surface area (Å²) in [6.07, 6.45) is 6.53. The molecule has 4 nitrogen and oxygen atoms in total. The van der Waals surface area contributed by atoms with Crippen LogP contribution in [0.3, 0.4) is 0 Å². The molecule has 1 heterocycles. The van der Waals surface area contributed by atoms with Gasteiger partial charge in [0.2, 0.25) is 5.91 Å². The molecule has 1 saturated heterocycles. The summed E-state index contributed by atoms with van der Waals surface area (Å²) in [6, 6.07) is 0.333. The van der Waals surface area contributed by atoms with Gasteiger partial charge in [-0.2, -0.15) is 0 Å². The van der Waals surface area contributed by atoms with E-state index in [1.54, 1.807) is 0 Å². The maximum Gasteiger partial charge on any atom is 0.227 e. The summed E-state index contributed by atoms with van der Waals surface area (Å²) < 4.78 is 5.54. The van der Waals surface area contributed by atoms with E-state index in [-0.39, 0.29) is 11.3 Å². The largest absolute Gasteiger partial charge is 0.378 e. The highest BCUT2D eigenvalue weighted by Crippen LogP contribution is 2.33. The molecule has 1 aliphatic carbocycles. The van der Waals surface area contributed by atoms with Crippen LogP contribution in [0.5, 0.6) is 0 Å². The number of amides is 1. The standard InChI is InChI=1S/C15H28N2O2/c1-3-6-15(7-5-8-16-11-15)14(18)17-12-9-13(10-12)19-4-2/h12-13,16H,3-11H2,1-2H3,(H,17,18). The summed E-state index contributed by atoms with van der Waals surface area (Å²) in [4.78, 5) is 12.6. The molecule has 0 aromatic rings. The van der Waals surface area contributed by atoms with Gasteiger partial charge in [0.25, 0.3) is 0 Å². The minimum absolute atomic E-state index is 0.163. The normalized spacial score (nSPS) is 34.6. The smallest absolute Gasteiger partial charge is 0.227 e. The zero-order chi connectivity index (χ0) is 13.7. The molecule has 2 N–H and O–H groups in total. The van der Waals surface area contributed by atoms with Crippen molar-refractivity contribution in [2.75, 3.05) is 19.7 Å². The number of ether oxygens (including phenoxy) is 1. The number of nitrogens with one attached hydrogen (secondary N) is 2. The van der Waals surface area contributed by atoms with E-state index in [4.69, 9.17) is 4.74 Å². The van der Waals surface area contributed by atoms with Crippen LogP contribution in [0.2, 0.25) is 0 Å². The number of rotatable bonds is 6. The highest BCUT2D eigenvalue weighted by atomic mass is 16.5. The Bertz CT molecular complexity index is 289. The number of hydrogen-bond acceptors (Lipinski definition) is 3. The Labute approximate surface area is 116 Å². The topological polar surface area (TPSA) is 50.4 Å². The first-order valence-corrected chi connectivity index (χ1v) is 7.83. The Morgan fingerprint density at radius 2 is 2.21 bits per heavy atom. The molecule has 1 atom stereocenters. The summed E-state index contributed by atoms with van der Waals surface area (Å²) in [5.41, 5.74) is -0.163. The fourth-order valence-electron chi connectivity index (χ4n) is 3.36. The molecule has 0 aromatic carbocycles. The molecular formula is C15H28N2O2.